The highest BCUT2D eigenvalue weighted by Crippen LogP contribution is 2.51. The second kappa shape index (κ2) is 34.3. The molecule has 8 atom stereocenters. The average molecular weight is 1660 g/mol. The lowest BCUT2D eigenvalue weighted by Crippen LogP contribution is -2.43. The molecule has 8 unspecified atom stereocenters. The minimum absolute atomic E-state index is 0.00130. The molecule has 0 amide bonds. The number of hydrogen-bond acceptors (Lipinski definition) is 19. The number of benzene rings is 10. The largest absolute Gasteiger partial charge is 0.377 e. The zero-order chi connectivity index (χ0) is 84.1. The summed E-state index contributed by atoms with van der Waals surface area (Å²) in [4.78, 5) is 88.5. The Morgan fingerprint density at radius 2 is 0.764 bits per heavy atom. The number of aliphatic imine (C=N–C) groups is 4. The lowest BCUT2D eigenvalue weighted by atomic mass is 9.75. The van der Waals surface area contributed by atoms with Gasteiger partial charge in [0.2, 0.25) is 0 Å². The molecule has 2 fully saturated rings. The molecule has 10 aromatic carbocycles. The van der Waals surface area contributed by atoms with Gasteiger partial charge in [0.1, 0.15) is 49.5 Å². The molecule has 0 spiro atoms. The van der Waals surface area contributed by atoms with Gasteiger partial charge in [0.25, 0.3) is 0 Å². The van der Waals surface area contributed by atoms with Gasteiger partial charge in [0.15, 0.2) is 23.1 Å². The van der Waals surface area contributed by atoms with Crippen molar-refractivity contribution in [2.24, 2.45) is 27.0 Å². The van der Waals surface area contributed by atoms with E-state index in [1.807, 2.05) is 109 Å². The fourth-order valence-electron chi connectivity index (χ4n) is 19.1. The highest BCUT2D eigenvalue weighted by atomic mass is 32.1. The first-order chi connectivity index (χ1) is 60.0. The van der Waals surface area contributed by atoms with Gasteiger partial charge in [0, 0.05) is 163 Å². The van der Waals surface area contributed by atoms with Crippen LogP contribution in [0.15, 0.2) is 262 Å². The van der Waals surface area contributed by atoms with Gasteiger partial charge in [-0.2, -0.15) is 0 Å². The number of imidazole rings is 1. The van der Waals surface area contributed by atoms with E-state index in [9.17, 15) is 32.3 Å². The smallest absolute Gasteiger partial charge is 0.185 e. The molecule has 2 saturated heterocycles. The molecule has 618 valence electrons. The summed E-state index contributed by atoms with van der Waals surface area (Å²) in [5, 5.41) is 14.5. The SMILES string of the molecule is CN1CCN(Cc2ccc(C3Nc4cc(F)cc5c4C(=NCC5=O)C3c3ccc(F)cc3)cc2)CC1.CN1CCN(Cc2ccc(C3Nc4cccc5c4C(=NCC5=O)C3c3ccc(F)cc3)cc2)CC1.Cc1ccc(C2Nc3cccc4c3C(=NCC4=O)C2c2nccn2C)cc1.O=C1CN=C2c3c(cccc31)NC(c1ccccc1)C2c1cncs1. The Labute approximate surface area is 716 Å². The van der Waals surface area contributed by atoms with Gasteiger partial charge in [-0.3, -0.25) is 53.9 Å². The second-order valence-corrected chi connectivity index (χ2v) is 34.2. The molecule has 0 bridgehead atoms. The van der Waals surface area contributed by atoms with E-state index in [0.29, 0.717) is 22.4 Å². The molecule has 0 aliphatic carbocycles. The number of rotatable bonds is 12. The number of piperazine rings is 2. The molecule has 4 N–H and O–H groups in total. The Hall–Kier alpha value is -12.8. The fraction of sp³-hybridized carbons (Fsp3) is 0.260. The molecule has 22 rings (SSSR count). The number of aryl methyl sites for hydroxylation is 2. The third-order valence-electron chi connectivity index (χ3n) is 25.5. The summed E-state index contributed by atoms with van der Waals surface area (Å²) in [6, 6.07) is 69.5. The van der Waals surface area contributed by atoms with Crippen LogP contribution >= 0.6 is 11.3 Å². The van der Waals surface area contributed by atoms with Gasteiger partial charge < -0.3 is 35.6 Å². The molecular weight excluding hydrogens is 1560 g/mol. The van der Waals surface area contributed by atoms with E-state index in [1.165, 1.54) is 64.2 Å². The summed E-state index contributed by atoms with van der Waals surface area (Å²) in [5.74, 6) is -0.452. The normalized spacial score (nSPS) is 21.7. The van der Waals surface area contributed by atoms with Gasteiger partial charge >= 0.3 is 0 Å². The Kier molecular flexibility index (Phi) is 22.3. The number of aromatic nitrogens is 3. The standard InChI is InChI=1S/C29H28F2N4O.C29H29FN4O.C22H20N4O.C20H15N3OS/c1-34-10-12-35(13-11-34)17-18-2-4-20(5-3-18)28-26(19-6-8-21(30)9-7-19)29-27-23(25(36)16-32-29)14-22(31)15-24(27)33-28;1-33-13-15-34(16-14-33)18-19-5-7-21(8-6-19)28-26(20-9-11-22(30)12-10-20)29-27-23(25(35)17-31-29)3-2-4-24(27)32-28;1-13-6-8-14(9-7-13)20-19(22-23-10-11-26(22)2)21-18-15(17(27)12-24-21)4-3-5-16(18)25-20;24-15-9-22-20-17-13(15)7-4-8-14(17)23-19(12-5-2-1-3-6-12)18(20)16-10-21-11-25-16/h2-9,14-15,26,28,33H,10-13,16-17H2,1H3;2-12,26,28,32H,13-18H2,1H3;3-11,19-20,25H,12H2,1-2H3;1-8,10-11,18-19,23H,9H2. The molecule has 23 heteroatoms. The Morgan fingerprint density at radius 3 is 1.20 bits per heavy atom. The van der Waals surface area contributed by atoms with E-state index >= 15 is 0 Å². The van der Waals surface area contributed by atoms with Gasteiger partial charge in [-0.15, -0.1) is 11.3 Å². The summed E-state index contributed by atoms with van der Waals surface area (Å²) < 4.78 is 44.1. The maximum absolute atomic E-state index is 14.5. The average Bonchev–Trinajstić information content (AvgIpc) is 1.75. The van der Waals surface area contributed by atoms with Crippen molar-refractivity contribution in [3.8, 4) is 0 Å². The van der Waals surface area contributed by atoms with Gasteiger partial charge in [-0.05, 0) is 120 Å². The number of carbonyl (C=O) groups is 4. The summed E-state index contributed by atoms with van der Waals surface area (Å²) in [7, 11) is 6.33. The monoisotopic (exact) mass is 1660 g/mol. The van der Waals surface area contributed by atoms with Crippen molar-refractivity contribution in [1.82, 2.24) is 34.1 Å². The zero-order valence-corrected chi connectivity index (χ0v) is 69.5. The number of hydrogen-bond donors (Lipinski definition) is 4. The number of likely N-dealkylation sites (N-methyl/N-ethyl adjacent to an activating group) is 2. The molecule has 19 nitrogen and oxygen atoms in total. The topological polar surface area (TPSA) is 210 Å². The maximum Gasteiger partial charge on any atom is 0.185 e. The van der Waals surface area contributed by atoms with Crippen LogP contribution in [0.3, 0.4) is 0 Å². The molecule has 12 aromatic rings. The van der Waals surface area contributed by atoms with E-state index in [1.54, 1.807) is 23.5 Å². The predicted molar refractivity (Wildman–Crippen MR) is 479 cm³/mol. The minimum Gasteiger partial charge on any atom is -0.377 e. The van der Waals surface area contributed by atoms with E-state index in [4.69, 9.17) is 15.0 Å². The van der Waals surface area contributed by atoms with Crippen LogP contribution in [-0.4, -0.2) is 173 Å². The van der Waals surface area contributed by atoms with Crippen LogP contribution in [0, 0.1) is 24.4 Å². The Bertz CT molecular complexity index is 6160. The highest BCUT2D eigenvalue weighted by molar-refractivity contribution is 7.09. The molecule has 12 heterocycles. The number of carbonyl (C=O) groups excluding carboxylic acids is 4. The second-order valence-electron chi connectivity index (χ2n) is 33.3. The molecule has 0 saturated carbocycles. The third-order valence-corrected chi connectivity index (χ3v) is 26.3. The molecule has 10 aliphatic rings. The number of anilines is 4. The number of Topliss-reactive ketones (excluding diaryl/α,β-unsaturated/α-hetero) is 4. The van der Waals surface area contributed by atoms with Crippen LogP contribution in [-0.2, 0) is 20.1 Å². The van der Waals surface area contributed by atoms with Crippen LogP contribution in [0.5, 0.6) is 0 Å². The number of nitrogens with one attached hydrogen (secondary N) is 4. The van der Waals surface area contributed by atoms with Crippen LogP contribution in [0.4, 0.5) is 35.9 Å². The predicted octanol–water partition coefficient (Wildman–Crippen LogP) is 16.9. The molecular formula is C100H92F3N15O4S. The van der Waals surface area contributed by atoms with Crippen LogP contribution in [0.2, 0.25) is 0 Å². The summed E-state index contributed by atoms with van der Waals surface area (Å²) in [6.45, 7) is 13.2. The molecule has 10 aliphatic heterocycles. The van der Waals surface area contributed by atoms with Crippen molar-refractivity contribution >= 4 is 80.1 Å². The van der Waals surface area contributed by atoms with E-state index in [2.05, 4.69) is 174 Å². The van der Waals surface area contributed by atoms with Gasteiger partial charge in [-0.1, -0.05) is 169 Å². The number of ketones is 4. The van der Waals surface area contributed by atoms with Gasteiger partial charge in [0.05, 0.1) is 76.2 Å². The third kappa shape index (κ3) is 16.0. The first-order valence-electron chi connectivity index (χ1n) is 42.1. The van der Waals surface area contributed by atoms with Crippen molar-refractivity contribution in [2.45, 2.75) is 67.9 Å². The van der Waals surface area contributed by atoms with Crippen molar-refractivity contribution in [1.29, 1.82) is 0 Å². The first-order valence-corrected chi connectivity index (χ1v) is 42.9. The van der Waals surface area contributed by atoms with E-state index < -0.39 is 5.82 Å². The van der Waals surface area contributed by atoms with Crippen molar-refractivity contribution in [3.05, 3.63) is 365 Å². The Morgan fingerprint density at radius 1 is 0.382 bits per heavy atom. The zero-order valence-electron chi connectivity index (χ0n) is 68.7. The van der Waals surface area contributed by atoms with E-state index in [-0.39, 0.29) is 109 Å². The quantitative estimate of drug-likeness (QED) is 0.0897. The highest BCUT2D eigenvalue weighted by Gasteiger charge is 2.46. The van der Waals surface area contributed by atoms with Crippen LogP contribution in [0.25, 0.3) is 0 Å². The summed E-state index contributed by atoms with van der Waals surface area (Å²) >= 11 is 1.64. The fourth-order valence-corrected chi connectivity index (χ4v) is 19.8. The Balaban J connectivity index is 0.000000109. The summed E-state index contributed by atoms with van der Waals surface area (Å²) in [6.07, 6.45) is 5.69. The number of halogens is 3. The first kappa shape index (κ1) is 80.0. The van der Waals surface area contributed by atoms with Crippen molar-refractivity contribution in [2.75, 3.05) is 114 Å². The molecule has 0 radical (unpaired) electrons. The lowest BCUT2D eigenvalue weighted by molar-refractivity contribution is 0.0991. The van der Waals surface area contributed by atoms with Crippen molar-refractivity contribution < 1.29 is 32.3 Å². The molecule has 2 aromatic heterocycles. The van der Waals surface area contributed by atoms with Crippen LogP contribution < -0.4 is 21.3 Å². The minimum atomic E-state index is -0.452. The van der Waals surface area contributed by atoms with Crippen LogP contribution in [0.1, 0.15) is 172 Å². The number of thiazole rings is 1. The summed E-state index contributed by atoms with van der Waals surface area (Å²) in [5.41, 5.74) is 25.2. The lowest BCUT2D eigenvalue weighted by Gasteiger charge is -2.39. The van der Waals surface area contributed by atoms with Crippen molar-refractivity contribution in [3.63, 3.8) is 0 Å². The maximum atomic E-state index is 14.5. The number of nitrogens with zero attached hydrogens (tertiary/aromatic N) is 11. The van der Waals surface area contributed by atoms with Gasteiger partial charge in [-0.25, -0.2) is 18.2 Å². The van der Waals surface area contributed by atoms with E-state index in [0.717, 1.165) is 166 Å². The molecule has 123 heavy (non-hydrogen) atoms.